The maximum atomic E-state index is 14.5. The first-order valence-electron chi connectivity index (χ1n) is 24.3. The number of fused-ring (bicyclic) bond motifs is 2. The van der Waals surface area contributed by atoms with Gasteiger partial charge in [-0.3, -0.25) is 4.90 Å². The van der Waals surface area contributed by atoms with Crippen LogP contribution in [-0.2, 0) is 14.3 Å². The number of benzene rings is 2. The fourth-order valence-electron chi connectivity index (χ4n) is 10.1. The Hall–Kier alpha value is -3.51. The van der Waals surface area contributed by atoms with Crippen LogP contribution in [0.3, 0.4) is 0 Å². The number of unbranched alkanes of at least 4 members (excludes halogenated alkanes) is 11. The predicted octanol–water partition coefficient (Wildman–Crippen LogP) is 12.6. The van der Waals surface area contributed by atoms with E-state index in [1.165, 1.54) is 44.9 Å². The van der Waals surface area contributed by atoms with Crippen molar-refractivity contribution in [3.8, 4) is 17.2 Å². The molecule has 10 nitrogen and oxygen atoms in total. The molecule has 2 aromatic carbocycles. The Kier molecular flexibility index (Phi) is 21.7. The third-order valence-corrected chi connectivity index (χ3v) is 13.8. The van der Waals surface area contributed by atoms with E-state index in [1.54, 1.807) is 17.8 Å². The Morgan fingerprint density at radius 2 is 1.57 bits per heavy atom. The van der Waals surface area contributed by atoms with Crippen LogP contribution in [0.2, 0.25) is 0 Å². The van der Waals surface area contributed by atoms with Crippen LogP contribution in [0.1, 0.15) is 148 Å². The smallest absolute Gasteiger partial charge is 0.410 e. The van der Waals surface area contributed by atoms with Crippen LogP contribution >= 0.6 is 11.8 Å². The van der Waals surface area contributed by atoms with Gasteiger partial charge in [-0.15, -0.1) is 18.3 Å². The number of allylic oxidation sites excluding steroid dienone is 1. The average Bonchev–Trinajstić information content (AvgIpc) is 3.30. The number of hydrogen-bond acceptors (Lipinski definition) is 10. The largest absolute Gasteiger partial charge is 0.459 e. The number of rotatable bonds is 30. The molecule has 0 saturated heterocycles. The highest BCUT2D eigenvalue weighted by Gasteiger charge is 2.65. The van der Waals surface area contributed by atoms with Gasteiger partial charge in [0.25, 0.3) is 0 Å². The fourth-order valence-corrected chi connectivity index (χ4v) is 10.5. The molecule has 6 unspecified atom stereocenters. The number of nitrogens with zero attached hydrogens (tertiary/aromatic N) is 2. The molecule has 1 aliphatic heterocycles. The summed E-state index contributed by atoms with van der Waals surface area (Å²) in [5.74, 6) is 0.543. The SMILES string of the molecule is C=CCOC12Oc3ccc(Oc4ccc(SC)cc4)cc3C3C(CCCCO)C(CCCCO)C=C(C(=NOCC)CC1N(CCC)C(=O)OCCCCCCCCCCCC)C32. The molecule has 11 heteroatoms. The van der Waals surface area contributed by atoms with E-state index in [0.29, 0.717) is 56.9 Å². The summed E-state index contributed by atoms with van der Waals surface area (Å²) in [6, 6.07) is 13.6. The van der Waals surface area contributed by atoms with Gasteiger partial charge in [0, 0.05) is 42.6 Å². The van der Waals surface area contributed by atoms with Gasteiger partial charge in [0.05, 0.1) is 24.8 Å². The second-order valence-electron chi connectivity index (χ2n) is 17.5. The Morgan fingerprint density at radius 1 is 0.889 bits per heavy atom. The first kappa shape index (κ1) is 50.5. The van der Waals surface area contributed by atoms with Gasteiger partial charge in [-0.1, -0.05) is 102 Å². The molecule has 2 aromatic rings. The minimum atomic E-state index is -1.32. The zero-order valence-electron chi connectivity index (χ0n) is 38.9. The van der Waals surface area contributed by atoms with Crippen molar-refractivity contribution in [3.05, 3.63) is 72.3 Å². The van der Waals surface area contributed by atoms with Crippen molar-refractivity contribution in [3.63, 3.8) is 0 Å². The van der Waals surface area contributed by atoms with Crippen LogP contribution in [0, 0.1) is 17.8 Å². The number of aliphatic hydroxyl groups excluding tert-OH is 2. The first-order chi connectivity index (χ1) is 30.9. The number of amides is 1. The Balaban J connectivity index is 1.56. The highest BCUT2D eigenvalue weighted by Crippen LogP contribution is 2.62. The normalized spacial score (nSPS) is 23.0. The monoisotopic (exact) mass is 891 g/mol. The Labute approximate surface area is 383 Å². The van der Waals surface area contributed by atoms with Crippen molar-refractivity contribution in [1.82, 2.24) is 4.90 Å². The summed E-state index contributed by atoms with van der Waals surface area (Å²) >= 11 is 1.69. The van der Waals surface area contributed by atoms with Crippen molar-refractivity contribution in [2.45, 2.75) is 159 Å². The summed E-state index contributed by atoms with van der Waals surface area (Å²) in [6.07, 6.45) is 23.7. The van der Waals surface area contributed by atoms with Crippen molar-refractivity contribution < 1.29 is 38.8 Å². The molecule has 5 rings (SSSR count). The summed E-state index contributed by atoms with van der Waals surface area (Å²) in [4.78, 5) is 23.4. The molecular weight excluding hydrogens is 813 g/mol. The number of carbonyl (C=O) groups is 1. The lowest BCUT2D eigenvalue weighted by Gasteiger charge is -2.59. The number of carbonyl (C=O) groups excluding carboxylic acids is 1. The predicted molar refractivity (Wildman–Crippen MR) is 255 cm³/mol. The third kappa shape index (κ3) is 13.5. The standard InChI is InChI=1S/C52H78N2O8S/c1-6-10-11-12-13-14-15-16-17-22-35-58-51(57)54(31-7-2)48-38-46(53-60-9-4)44-36-39(23-18-20-32-55)43(24-19-21-33-56)49-45-37-41(61-40-25-28-42(63-5)29-26-40)27-30-47(45)62-52(48,50(44)49)59-34-8-3/h8,25-30,36-37,39,43,48-50,55-56H,3,6-7,9-24,31-35,38H2,1-2,4-5H3. The van der Waals surface area contributed by atoms with Crippen molar-refractivity contribution in [1.29, 1.82) is 0 Å². The van der Waals surface area contributed by atoms with E-state index in [-0.39, 0.29) is 49.6 Å². The van der Waals surface area contributed by atoms with E-state index >= 15 is 0 Å². The molecule has 6 atom stereocenters. The van der Waals surface area contributed by atoms with E-state index < -0.39 is 11.8 Å². The van der Waals surface area contributed by atoms with Crippen LogP contribution in [0.4, 0.5) is 4.79 Å². The minimum Gasteiger partial charge on any atom is -0.459 e. The summed E-state index contributed by atoms with van der Waals surface area (Å²) in [5, 5.41) is 24.7. The molecule has 1 heterocycles. The Morgan fingerprint density at radius 3 is 2.22 bits per heavy atom. The van der Waals surface area contributed by atoms with Gasteiger partial charge in [-0.25, -0.2) is 4.79 Å². The van der Waals surface area contributed by atoms with E-state index in [1.807, 2.05) is 36.1 Å². The average molecular weight is 891 g/mol. The van der Waals surface area contributed by atoms with Crippen LogP contribution < -0.4 is 9.47 Å². The van der Waals surface area contributed by atoms with Crippen molar-refractivity contribution in [2.75, 3.05) is 45.8 Å². The lowest BCUT2D eigenvalue weighted by molar-refractivity contribution is -0.255. The zero-order chi connectivity index (χ0) is 44.9. The lowest BCUT2D eigenvalue weighted by atomic mass is 9.55. The van der Waals surface area contributed by atoms with Crippen LogP contribution in [0.15, 0.2) is 76.8 Å². The van der Waals surface area contributed by atoms with Gasteiger partial charge in [0.1, 0.15) is 29.9 Å². The van der Waals surface area contributed by atoms with Gasteiger partial charge in [0.15, 0.2) is 0 Å². The Bertz CT molecular complexity index is 1730. The summed E-state index contributed by atoms with van der Waals surface area (Å²) < 4.78 is 27.1. The number of oxime groups is 1. The summed E-state index contributed by atoms with van der Waals surface area (Å²) in [7, 11) is 0. The topological polar surface area (TPSA) is 119 Å². The summed E-state index contributed by atoms with van der Waals surface area (Å²) in [6.45, 7) is 12.0. The van der Waals surface area contributed by atoms with Crippen molar-refractivity contribution in [2.24, 2.45) is 22.9 Å². The number of aliphatic hydroxyl groups is 2. The molecule has 3 aliphatic rings. The quantitative estimate of drug-likeness (QED) is 0.0342. The van der Waals surface area contributed by atoms with Gasteiger partial charge in [-0.05, 0) is 112 Å². The van der Waals surface area contributed by atoms with E-state index in [4.69, 9.17) is 28.9 Å². The highest BCUT2D eigenvalue weighted by atomic mass is 32.2. The molecule has 1 saturated carbocycles. The second-order valence-corrected chi connectivity index (χ2v) is 18.3. The lowest BCUT2D eigenvalue weighted by Crippen LogP contribution is -2.70. The minimum absolute atomic E-state index is 0.115. The maximum Gasteiger partial charge on any atom is 0.410 e. The molecule has 0 bridgehead atoms. The molecule has 2 aliphatic carbocycles. The second kappa shape index (κ2) is 27.1. The first-order valence-corrected chi connectivity index (χ1v) is 25.6. The van der Waals surface area contributed by atoms with Gasteiger partial charge >= 0.3 is 6.09 Å². The highest BCUT2D eigenvalue weighted by molar-refractivity contribution is 7.98. The van der Waals surface area contributed by atoms with Crippen molar-refractivity contribution >= 4 is 23.6 Å². The number of ether oxygens (including phenoxy) is 4. The molecule has 1 fully saturated rings. The zero-order valence-corrected chi connectivity index (χ0v) is 39.7. The van der Waals surface area contributed by atoms with Crippen LogP contribution in [-0.4, -0.2) is 84.6 Å². The third-order valence-electron chi connectivity index (χ3n) is 13.0. The molecule has 0 radical (unpaired) electrons. The molecule has 0 spiro atoms. The molecule has 350 valence electrons. The number of thioether (sulfide) groups is 1. The van der Waals surface area contributed by atoms with E-state index in [0.717, 1.165) is 72.4 Å². The summed E-state index contributed by atoms with van der Waals surface area (Å²) in [5.41, 5.74) is 2.82. The molecule has 63 heavy (non-hydrogen) atoms. The van der Waals surface area contributed by atoms with E-state index in [2.05, 4.69) is 51.0 Å². The maximum absolute atomic E-state index is 14.5. The number of hydrogen-bond donors (Lipinski definition) is 2. The van der Waals surface area contributed by atoms with E-state index in [9.17, 15) is 15.0 Å². The van der Waals surface area contributed by atoms with Gasteiger partial charge < -0.3 is 34.0 Å². The molecular formula is C52H78N2O8S. The van der Waals surface area contributed by atoms with Crippen LogP contribution in [0.5, 0.6) is 17.2 Å². The van der Waals surface area contributed by atoms with Crippen LogP contribution in [0.25, 0.3) is 0 Å². The van der Waals surface area contributed by atoms with Gasteiger partial charge in [0.2, 0.25) is 5.79 Å². The fraction of sp³-hybridized carbons (Fsp3) is 0.654. The molecule has 1 amide bonds. The van der Waals surface area contributed by atoms with Gasteiger partial charge in [-0.2, -0.15) is 0 Å². The molecule has 0 aromatic heterocycles. The molecule has 2 N–H and O–H groups in total.